The molecule has 39 heavy (non-hydrogen) atoms. The molecule has 2 aromatic carbocycles. The van der Waals surface area contributed by atoms with E-state index >= 15 is 0 Å². The minimum absolute atomic E-state index is 0.0572. The van der Waals surface area contributed by atoms with Crippen LogP contribution >= 0.6 is 0 Å². The number of Topliss-reactive ketones (excluding diaryl/α,β-unsaturated/α-hetero) is 1. The summed E-state index contributed by atoms with van der Waals surface area (Å²) in [6.07, 6.45) is 3.13. The lowest BCUT2D eigenvalue weighted by Crippen LogP contribution is -2.42. The fourth-order valence-corrected chi connectivity index (χ4v) is 5.19. The maximum absolute atomic E-state index is 13.5. The minimum Gasteiger partial charge on any atom is -0.507 e. The van der Waals surface area contributed by atoms with E-state index in [-0.39, 0.29) is 11.3 Å². The van der Waals surface area contributed by atoms with Crippen LogP contribution in [0.1, 0.15) is 43.4 Å². The highest BCUT2D eigenvalue weighted by Gasteiger charge is 2.46. The number of ether oxygens (including phenoxy) is 4. The van der Waals surface area contributed by atoms with Crippen LogP contribution in [-0.2, 0) is 14.3 Å². The van der Waals surface area contributed by atoms with Crippen LogP contribution in [0.25, 0.3) is 5.76 Å². The summed E-state index contributed by atoms with van der Waals surface area (Å²) >= 11 is 0. The summed E-state index contributed by atoms with van der Waals surface area (Å²) < 4.78 is 22.7. The third-order valence-electron chi connectivity index (χ3n) is 7.31. The molecular formula is C30H36N2O7. The second-order valence-corrected chi connectivity index (χ2v) is 9.93. The molecule has 208 valence electrons. The summed E-state index contributed by atoms with van der Waals surface area (Å²) in [7, 11) is 0. The van der Waals surface area contributed by atoms with E-state index in [0.29, 0.717) is 74.5 Å². The molecule has 0 aromatic heterocycles. The summed E-state index contributed by atoms with van der Waals surface area (Å²) in [5, 5.41) is 11.5. The first kappa shape index (κ1) is 27.0. The summed E-state index contributed by atoms with van der Waals surface area (Å²) in [5.74, 6) is 0.171. The van der Waals surface area contributed by atoms with Crippen LogP contribution in [0.3, 0.4) is 0 Å². The number of carbonyl (C=O) groups is 2. The van der Waals surface area contributed by atoms with E-state index in [1.807, 2.05) is 24.3 Å². The van der Waals surface area contributed by atoms with Crippen molar-refractivity contribution in [2.24, 2.45) is 0 Å². The van der Waals surface area contributed by atoms with Crippen molar-refractivity contribution in [3.63, 3.8) is 0 Å². The molecular weight excluding hydrogens is 500 g/mol. The highest BCUT2D eigenvalue weighted by molar-refractivity contribution is 6.46. The van der Waals surface area contributed by atoms with Crippen molar-refractivity contribution in [1.29, 1.82) is 0 Å². The van der Waals surface area contributed by atoms with Gasteiger partial charge in [0.1, 0.15) is 24.7 Å². The predicted molar refractivity (Wildman–Crippen MR) is 145 cm³/mol. The number of benzene rings is 2. The number of ketones is 1. The Morgan fingerprint density at radius 3 is 2.56 bits per heavy atom. The van der Waals surface area contributed by atoms with Crippen molar-refractivity contribution < 1.29 is 33.6 Å². The van der Waals surface area contributed by atoms with Gasteiger partial charge in [-0.05, 0) is 42.3 Å². The molecule has 3 heterocycles. The molecule has 2 fully saturated rings. The number of likely N-dealkylation sites (tertiary alicyclic amines) is 1. The fourth-order valence-electron chi connectivity index (χ4n) is 5.19. The molecule has 3 aliphatic rings. The quantitative estimate of drug-likeness (QED) is 0.212. The fraction of sp³-hybridized carbons (Fsp3) is 0.467. The van der Waals surface area contributed by atoms with Gasteiger partial charge in [0.15, 0.2) is 11.5 Å². The number of unbranched alkanes of at least 4 members (excludes halogenated alkanes) is 2. The second-order valence-electron chi connectivity index (χ2n) is 9.93. The van der Waals surface area contributed by atoms with Crippen LogP contribution in [0.4, 0.5) is 0 Å². The molecule has 9 heteroatoms. The zero-order valence-electron chi connectivity index (χ0n) is 22.4. The Morgan fingerprint density at radius 2 is 1.77 bits per heavy atom. The Balaban J connectivity index is 1.49. The van der Waals surface area contributed by atoms with Gasteiger partial charge in [0, 0.05) is 31.7 Å². The Labute approximate surface area is 228 Å². The summed E-state index contributed by atoms with van der Waals surface area (Å²) in [6.45, 7) is 7.35. The number of fused-ring (bicyclic) bond motifs is 1. The minimum atomic E-state index is -0.751. The molecule has 3 aliphatic heterocycles. The van der Waals surface area contributed by atoms with Crippen LogP contribution in [-0.4, -0.2) is 85.8 Å². The van der Waals surface area contributed by atoms with E-state index in [2.05, 4.69) is 11.8 Å². The Bertz CT molecular complexity index is 1220. The summed E-state index contributed by atoms with van der Waals surface area (Å²) in [4.78, 5) is 30.6. The average molecular weight is 537 g/mol. The van der Waals surface area contributed by atoms with Gasteiger partial charge in [-0.1, -0.05) is 31.9 Å². The predicted octanol–water partition coefficient (Wildman–Crippen LogP) is 3.78. The molecule has 5 rings (SSSR count). The molecule has 2 aromatic rings. The van der Waals surface area contributed by atoms with E-state index in [1.54, 1.807) is 23.1 Å². The van der Waals surface area contributed by atoms with Crippen LogP contribution in [0.2, 0.25) is 0 Å². The van der Waals surface area contributed by atoms with E-state index in [4.69, 9.17) is 18.9 Å². The normalized spacial score (nSPS) is 20.8. The number of carbonyl (C=O) groups excluding carboxylic acids is 2. The molecule has 1 atom stereocenters. The number of hydrogen-bond acceptors (Lipinski definition) is 8. The lowest BCUT2D eigenvalue weighted by molar-refractivity contribution is -0.140. The number of rotatable bonds is 10. The van der Waals surface area contributed by atoms with Crippen LogP contribution < -0.4 is 14.2 Å². The van der Waals surface area contributed by atoms with Crippen LogP contribution in [0, 0.1) is 0 Å². The lowest BCUT2D eigenvalue weighted by atomic mass is 9.95. The molecule has 0 spiro atoms. The number of aliphatic hydroxyl groups is 1. The van der Waals surface area contributed by atoms with E-state index in [1.165, 1.54) is 0 Å². The number of morpholine rings is 1. The molecule has 0 radical (unpaired) electrons. The van der Waals surface area contributed by atoms with Gasteiger partial charge >= 0.3 is 0 Å². The summed E-state index contributed by atoms with van der Waals surface area (Å²) in [6, 6.07) is 11.7. The van der Waals surface area contributed by atoms with Gasteiger partial charge in [0.05, 0.1) is 31.4 Å². The van der Waals surface area contributed by atoms with E-state index < -0.39 is 17.7 Å². The maximum atomic E-state index is 13.5. The maximum Gasteiger partial charge on any atom is 0.295 e. The smallest absolute Gasteiger partial charge is 0.295 e. The molecule has 1 amide bonds. The second kappa shape index (κ2) is 12.5. The van der Waals surface area contributed by atoms with Gasteiger partial charge in [-0.2, -0.15) is 0 Å². The lowest BCUT2D eigenvalue weighted by Gasteiger charge is -2.31. The van der Waals surface area contributed by atoms with Gasteiger partial charge in [-0.3, -0.25) is 14.5 Å². The van der Waals surface area contributed by atoms with Crippen molar-refractivity contribution in [3.8, 4) is 17.2 Å². The number of nitrogens with zero attached hydrogens (tertiary/aromatic N) is 2. The van der Waals surface area contributed by atoms with Crippen molar-refractivity contribution in [3.05, 3.63) is 59.2 Å². The third-order valence-corrected chi connectivity index (χ3v) is 7.31. The molecule has 0 bridgehead atoms. The average Bonchev–Trinajstić information content (AvgIpc) is 3.23. The monoisotopic (exact) mass is 536 g/mol. The Morgan fingerprint density at radius 1 is 0.974 bits per heavy atom. The SMILES string of the molecule is CCCCCOc1cccc([C@@H]2/C(=C(\O)c3ccc4c(c3)OCCO4)C(=O)C(=O)N2CCN2CCOCC2)c1. The topological polar surface area (TPSA) is 97.8 Å². The summed E-state index contributed by atoms with van der Waals surface area (Å²) in [5.41, 5.74) is 1.16. The van der Waals surface area contributed by atoms with Crippen molar-refractivity contribution in [2.45, 2.75) is 32.2 Å². The molecule has 1 N–H and O–H groups in total. The third kappa shape index (κ3) is 6.04. The Hall–Kier alpha value is -3.56. The number of amides is 1. The first-order chi connectivity index (χ1) is 19.1. The van der Waals surface area contributed by atoms with E-state index in [9.17, 15) is 14.7 Å². The van der Waals surface area contributed by atoms with Gasteiger partial charge in [-0.25, -0.2) is 0 Å². The number of aliphatic hydroxyl groups excluding tert-OH is 1. The molecule has 9 nitrogen and oxygen atoms in total. The van der Waals surface area contributed by atoms with E-state index in [0.717, 1.165) is 32.4 Å². The number of hydrogen-bond donors (Lipinski definition) is 1. The van der Waals surface area contributed by atoms with Gasteiger partial charge < -0.3 is 29.0 Å². The van der Waals surface area contributed by atoms with Crippen LogP contribution in [0.5, 0.6) is 17.2 Å². The first-order valence-electron chi connectivity index (χ1n) is 13.8. The van der Waals surface area contributed by atoms with Crippen molar-refractivity contribution in [2.75, 3.05) is 59.2 Å². The van der Waals surface area contributed by atoms with Gasteiger partial charge in [0.2, 0.25) is 0 Å². The zero-order valence-corrected chi connectivity index (χ0v) is 22.4. The van der Waals surface area contributed by atoms with Gasteiger partial charge in [-0.15, -0.1) is 0 Å². The Kier molecular flexibility index (Phi) is 8.68. The van der Waals surface area contributed by atoms with Crippen LogP contribution in [0.15, 0.2) is 48.0 Å². The molecule has 2 saturated heterocycles. The van der Waals surface area contributed by atoms with Crippen molar-refractivity contribution >= 4 is 17.4 Å². The molecule has 0 unspecified atom stereocenters. The largest absolute Gasteiger partial charge is 0.507 e. The highest BCUT2D eigenvalue weighted by Crippen LogP contribution is 2.41. The molecule has 0 saturated carbocycles. The molecule has 0 aliphatic carbocycles. The standard InChI is InChI=1S/C30H36N2O7/c1-2-3-4-14-37-23-7-5-6-21(19-23)27-26(28(33)22-8-9-24-25(20-22)39-18-17-38-24)29(34)30(35)32(27)11-10-31-12-15-36-16-13-31/h5-9,19-20,27,33H,2-4,10-18H2,1H3/b28-26+/t27-/m1/s1. The first-order valence-corrected chi connectivity index (χ1v) is 13.8. The van der Waals surface area contributed by atoms with Crippen molar-refractivity contribution in [1.82, 2.24) is 9.80 Å². The highest BCUT2D eigenvalue weighted by atomic mass is 16.6. The van der Waals surface area contributed by atoms with Gasteiger partial charge in [0.25, 0.3) is 11.7 Å². The zero-order chi connectivity index (χ0) is 27.2.